The Kier molecular flexibility index (Phi) is 9.18. The van der Waals surface area contributed by atoms with E-state index in [4.69, 9.17) is 27.9 Å². The van der Waals surface area contributed by atoms with E-state index in [1.807, 2.05) is 0 Å². The maximum atomic E-state index is 12.7. The number of carbonyl (C=O) groups excluding carboxylic acids is 2. The van der Waals surface area contributed by atoms with Crippen LogP contribution in [0.15, 0.2) is 23.1 Å². The Labute approximate surface area is 174 Å². The van der Waals surface area contributed by atoms with Crippen LogP contribution < -0.4 is 0 Å². The van der Waals surface area contributed by atoms with Crippen molar-refractivity contribution < 1.29 is 14.3 Å². The molecule has 0 radical (unpaired) electrons. The van der Waals surface area contributed by atoms with E-state index in [0.717, 1.165) is 37.6 Å². The van der Waals surface area contributed by atoms with Crippen LogP contribution in [0.3, 0.4) is 0 Å². The quantitative estimate of drug-likeness (QED) is 0.463. The largest absolute Gasteiger partial charge is 0.468 e. The van der Waals surface area contributed by atoms with Crippen LogP contribution in [0.5, 0.6) is 0 Å². The topological polar surface area (TPSA) is 53.1 Å². The fourth-order valence-electron chi connectivity index (χ4n) is 2.66. The second kappa shape index (κ2) is 11.1. The molecule has 0 aromatic heterocycles. The van der Waals surface area contributed by atoms with E-state index in [-0.39, 0.29) is 18.2 Å². The molecule has 1 fully saturated rings. The third-order valence-corrected chi connectivity index (χ3v) is 6.14. The van der Waals surface area contributed by atoms with Gasteiger partial charge in [0.15, 0.2) is 0 Å². The van der Waals surface area contributed by atoms with Gasteiger partial charge in [0.05, 0.1) is 17.9 Å². The standard InChI is InChI=1S/C18H25Cl2N3O3S/c1-21-5-7-22(8-6-21)9-10-23(12-18(25)26-2)17(24)13-27-16-11-14(19)3-4-15(16)20/h3-4,11H,5-10,12-13H2,1-2H3. The lowest BCUT2D eigenvalue weighted by atomic mass is 10.3. The molecule has 0 bridgehead atoms. The van der Waals surface area contributed by atoms with Crippen LogP contribution in [-0.2, 0) is 14.3 Å². The van der Waals surface area contributed by atoms with Crippen molar-refractivity contribution in [3.8, 4) is 0 Å². The number of ether oxygens (including phenoxy) is 1. The first-order valence-electron chi connectivity index (χ1n) is 8.72. The van der Waals surface area contributed by atoms with Crippen molar-refractivity contribution in [3.63, 3.8) is 0 Å². The second-order valence-electron chi connectivity index (χ2n) is 6.40. The Bertz CT molecular complexity index is 655. The number of benzene rings is 1. The molecule has 1 amide bonds. The monoisotopic (exact) mass is 433 g/mol. The van der Waals surface area contributed by atoms with Gasteiger partial charge in [0.1, 0.15) is 6.54 Å². The van der Waals surface area contributed by atoms with Crippen LogP contribution >= 0.6 is 35.0 Å². The fraction of sp³-hybridized carbons (Fsp3) is 0.556. The number of hydrogen-bond acceptors (Lipinski definition) is 6. The summed E-state index contributed by atoms with van der Waals surface area (Å²) in [6, 6.07) is 5.14. The molecule has 1 aromatic carbocycles. The zero-order valence-electron chi connectivity index (χ0n) is 15.6. The van der Waals surface area contributed by atoms with Gasteiger partial charge in [-0.3, -0.25) is 14.5 Å². The van der Waals surface area contributed by atoms with E-state index in [1.165, 1.54) is 18.9 Å². The van der Waals surface area contributed by atoms with Gasteiger partial charge in [-0.05, 0) is 25.2 Å². The van der Waals surface area contributed by atoms with Crippen molar-refractivity contribution in [3.05, 3.63) is 28.2 Å². The van der Waals surface area contributed by atoms with E-state index < -0.39 is 5.97 Å². The number of rotatable bonds is 8. The molecule has 0 aliphatic carbocycles. The number of carbonyl (C=O) groups is 2. The van der Waals surface area contributed by atoms with E-state index in [9.17, 15) is 9.59 Å². The molecule has 1 aliphatic rings. The molecule has 1 heterocycles. The fourth-order valence-corrected chi connectivity index (χ4v) is 4.06. The number of halogens is 2. The van der Waals surface area contributed by atoms with Gasteiger partial charge < -0.3 is 14.5 Å². The lowest BCUT2D eigenvalue weighted by molar-refractivity contribution is -0.146. The molecule has 6 nitrogen and oxygen atoms in total. The minimum atomic E-state index is -0.424. The highest BCUT2D eigenvalue weighted by Gasteiger charge is 2.21. The molecule has 1 aliphatic heterocycles. The van der Waals surface area contributed by atoms with Gasteiger partial charge in [-0.2, -0.15) is 0 Å². The predicted octanol–water partition coefficient (Wildman–Crippen LogP) is 2.33. The summed E-state index contributed by atoms with van der Waals surface area (Å²) in [6.07, 6.45) is 0. The molecule has 0 atom stereocenters. The number of thioether (sulfide) groups is 1. The van der Waals surface area contributed by atoms with Gasteiger partial charge in [0, 0.05) is 49.2 Å². The SMILES string of the molecule is COC(=O)CN(CCN1CCN(C)CC1)C(=O)CSc1cc(Cl)ccc1Cl. The number of esters is 1. The van der Waals surface area contributed by atoms with Gasteiger partial charge in [-0.15, -0.1) is 11.8 Å². The molecule has 0 spiro atoms. The molecular weight excluding hydrogens is 409 g/mol. The summed E-state index contributed by atoms with van der Waals surface area (Å²) in [5.74, 6) is -0.372. The average molecular weight is 434 g/mol. The second-order valence-corrected chi connectivity index (χ2v) is 8.26. The summed E-state index contributed by atoms with van der Waals surface area (Å²) in [4.78, 5) is 31.3. The molecule has 0 saturated carbocycles. The van der Waals surface area contributed by atoms with E-state index >= 15 is 0 Å². The number of nitrogens with zero attached hydrogens (tertiary/aromatic N) is 3. The van der Waals surface area contributed by atoms with Crippen LogP contribution in [0.25, 0.3) is 0 Å². The predicted molar refractivity (Wildman–Crippen MR) is 110 cm³/mol. The van der Waals surface area contributed by atoms with E-state index in [0.29, 0.717) is 16.6 Å². The number of piperazine rings is 1. The maximum Gasteiger partial charge on any atom is 0.325 e. The molecule has 0 N–H and O–H groups in total. The molecule has 150 valence electrons. The van der Waals surface area contributed by atoms with E-state index in [2.05, 4.69) is 16.8 Å². The van der Waals surface area contributed by atoms with E-state index in [1.54, 1.807) is 23.1 Å². The first-order chi connectivity index (χ1) is 12.9. The zero-order valence-corrected chi connectivity index (χ0v) is 17.9. The highest BCUT2D eigenvalue weighted by molar-refractivity contribution is 8.00. The minimum Gasteiger partial charge on any atom is -0.468 e. The lowest BCUT2D eigenvalue weighted by Crippen LogP contribution is -2.48. The van der Waals surface area contributed by atoms with Crippen molar-refractivity contribution in [2.45, 2.75) is 4.90 Å². The van der Waals surface area contributed by atoms with Gasteiger partial charge in [-0.25, -0.2) is 0 Å². The molecule has 9 heteroatoms. The Morgan fingerprint density at radius 2 is 1.93 bits per heavy atom. The summed E-state index contributed by atoms with van der Waals surface area (Å²) in [5, 5.41) is 1.12. The smallest absolute Gasteiger partial charge is 0.325 e. The van der Waals surface area contributed by atoms with Crippen molar-refractivity contribution in [1.82, 2.24) is 14.7 Å². The molecule has 1 aromatic rings. The van der Waals surface area contributed by atoms with Crippen molar-refractivity contribution >= 4 is 46.8 Å². The third kappa shape index (κ3) is 7.50. The molecular formula is C18H25Cl2N3O3S. The average Bonchev–Trinajstić information content (AvgIpc) is 2.66. The van der Waals surface area contributed by atoms with Gasteiger partial charge in [0.25, 0.3) is 0 Å². The Balaban J connectivity index is 1.92. The summed E-state index contributed by atoms with van der Waals surface area (Å²) in [5.41, 5.74) is 0. The Morgan fingerprint density at radius 1 is 1.22 bits per heavy atom. The normalized spacial score (nSPS) is 15.6. The van der Waals surface area contributed by atoms with Crippen LogP contribution in [-0.4, -0.2) is 92.3 Å². The summed E-state index contributed by atoms with van der Waals surface area (Å²) < 4.78 is 4.74. The van der Waals surface area contributed by atoms with Crippen LogP contribution in [0.4, 0.5) is 0 Å². The molecule has 0 unspecified atom stereocenters. The number of methoxy groups -OCH3 is 1. The van der Waals surface area contributed by atoms with Crippen molar-refractivity contribution in [2.75, 3.05) is 65.7 Å². The number of likely N-dealkylation sites (N-methyl/N-ethyl adjacent to an activating group) is 1. The zero-order chi connectivity index (χ0) is 19.8. The minimum absolute atomic E-state index is 0.0487. The Morgan fingerprint density at radius 3 is 2.59 bits per heavy atom. The lowest BCUT2D eigenvalue weighted by Gasteiger charge is -2.33. The third-order valence-electron chi connectivity index (χ3n) is 4.43. The van der Waals surface area contributed by atoms with Gasteiger partial charge >= 0.3 is 5.97 Å². The van der Waals surface area contributed by atoms with Crippen LogP contribution in [0.1, 0.15) is 0 Å². The summed E-state index contributed by atoms with van der Waals surface area (Å²) in [6.45, 7) is 5.11. The molecule has 27 heavy (non-hydrogen) atoms. The first-order valence-corrected chi connectivity index (χ1v) is 10.5. The number of amides is 1. The van der Waals surface area contributed by atoms with Crippen LogP contribution in [0, 0.1) is 0 Å². The van der Waals surface area contributed by atoms with Crippen molar-refractivity contribution in [2.24, 2.45) is 0 Å². The highest BCUT2D eigenvalue weighted by Crippen LogP contribution is 2.30. The first kappa shape index (κ1) is 22.3. The van der Waals surface area contributed by atoms with Gasteiger partial charge in [-0.1, -0.05) is 23.2 Å². The maximum absolute atomic E-state index is 12.7. The Hall–Kier alpha value is -0.990. The molecule has 2 rings (SSSR count). The molecule has 1 saturated heterocycles. The summed E-state index contributed by atoms with van der Waals surface area (Å²) >= 11 is 13.5. The number of hydrogen-bond donors (Lipinski definition) is 0. The van der Waals surface area contributed by atoms with Crippen molar-refractivity contribution in [1.29, 1.82) is 0 Å². The highest BCUT2D eigenvalue weighted by atomic mass is 35.5. The van der Waals surface area contributed by atoms with Crippen LogP contribution in [0.2, 0.25) is 10.0 Å². The van der Waals surface area contributed by atoms with Gasteiger partial charge in [0.2, 0.25) is 5.91 Å². The summed E-state index contributed by atoms with van der Waals surface area (Å²) in [7, 11) is 3.43.